The molecule has 2 N–H and O–H groups in total. The quantitative estimate of drug-likeness (QED) is 0.784. The van der Waals surface area contributed by atoms with Crippen LogP contribution in [0.25, 0.3) is 10.2 Å². The molecule has 3 aromatic heterocycles. The molecule has 0 aliphatic rings. The summed E-state index contributed by atoms with van der Waals surface area (Å²) in [5.74, 6) is 0.994. The molecule has 0 saturated heterocycles. The summed E-state index contributed by atoms with van der Waals surface area (Å²) in [6, 6.07) is 4.08. The first-order valence-electron chi connectivity index (χ1n) is 5.79. The molecule has 0 bridgehead atoms. The molecule has 1 atom stereocenters. The van der Waals surface area contributed by atoms with Gasteiger partial charge in [-0.25, -0.2) is 4.98 Å². The maximum atomic E-state index is 6.23. The third-order valence-corrected chi connectivity index (χ3v) is 3.93. The lowest BCUT2D eigenvalue weighted by Gasteiger charge is -2.11. The van der Waals surface area contributed by atoms with Gasteiger partial charge in [0.15, 0.2) is 0 Å². The van der Waals surface area contributed by atoms with Crippen LogP contribution >= 0.6 is 11.3 Å². The van der Waals surface area contributed by atoms with E-state index < -0.39 is 0 Å². The smallest absolute Gasteiger partial charge is 0.110 e. The van der Waals surface area contributed by atoms with Crippen molar-refractivity contribution in [2.24, 2.45) is 12.8 Å². The highest BCUT2D eigenvalue weighted by atomic mass is 32.1. The number of nitrogens with zero attached hydrogens (tertiary/aromatic N) is 3. The minimum Gasteiger partial charge on any atom is -0.338 e. The minimum absolute atomic E-state index is 0.0647. The summed E-state index contributed by atoms with van der Waals surface area (Å²) in [5.41, 5.74) is 8.32. The lowest BCUT2D eigenvalue weighted by Crippen LogP contribution is -2.15. The molecule has 0 fully saturated rings. The van der Waals surface area contributed by atoms with Crippen molar-refractivity contribution in [3.63, 3.8) is 0 Å². The number of fused-ring (bicyclic) bond motifs is 1. The number of aryl methyl sites for hydroxylation is 1. The monoisotopic (exact) mass is 258 g/mol. The van der Waals surface area contributed by atoms with Crippen molar-refractivity contribution in [3.05, 3.63) is 47.5 Å². The molecule has 0 amide bonds. The Labute approximate surface area is 109 Å². The molecule has 3 rings (SSSR count). The first kappa shape index (κ1) is 11.4. The first-order valence-corrected chi connectivity index (χ1v) is 6.67. The van der Waals surface area contributed by atoms with Crippen molar-refractivity contribution < 1.29 is 0 Å². The summed E-state index contributed by atoms with van der Waals surface area (Å²) in [7, 11) is 1.98. The molecule has 4 nitrogen and oxygen atoms in total. The van der Waals surface area contributed by atoms with E-state index in [1.165, 1.54) is 4.70 Å². The second kappa shape index (κ2) is 4.51. The summed E-state index contributed by atoms with van der Waals surface area (Å²) in [5, 5.41) is 2.05. The molecule has 0 aliphatic heterocycles. The third kappa shape index (κ3) is 2.02. The highest BCUT2D eigenvalue weighted by molar-refractivity contribution is 7.17. The molecular weight excluding hydrogens is 244 g/mol. The second-order valence-electron chi connectivity index (χ2n) is 4.34. The van der Waals surface area contributed by atoms with Crippen LogP contribution in [0.1, 0.15) is 17.4 Å². The van der Waals surface area contributed by atoms with E-state index in [9.17, 15) is 0 Å². The summed E-state index contributed by atoms with van der Waals surface area (Å²) >= 11 is 1.69. The van der Waals surface area contributed by atoms with Gasteiger partial charge in [0, 0.05) is 38.1 Å². The summed E-state index contributed by atoms with van der Waals surface area (Å²) in [4.78, 5) is 8.72. The zero-order valence-electron chi connectivity index (χ0n) is 10.1. The van der Waals surface area contributed by atoms with Crippen LogP contribution in [-0.2, 0) is 13.5 Å². The van der Waals surface area contributed by atoms with Crippen molar-refractivity contribution >= 4 is 21.6 Å². The lowest BCUT2D eigenvalue weighted by molar-refractivity contribution is 0.658. The van der Waals surface area contributed by atoms with Crippen molar-refractivity contribution in [1.29, 1.82) is 0 Å². The molecule has 5 heteroatoms. The predicted molar refractivity (Wildman–Crippen MR) is 73.5 cm³/mol. The van der Waals surface area contributed by atoms with Crippen LogP contribution < -0.4 is 5.73 Å². The lowest BCUT2D eigenvalue weighted by atomic mass is 10.1. The fraction of sp³-hybridized carbons (Fsp3) is 0.231. The van der Waals surface area contributed by atoms with E-state index in [1.807, 2.05) is 35.5 Å². The number of aromatic nitrogens is 3. The summed E-state index contributed by atoms with van der Waals surface area (Å²) in [6.07, 6.45) is 6.32. The summed E-state index contributed by atoms with van der Waals surface area (Å²) in [6.45, 7) is 0. The van der Waals surface area contributed by atoms with Crippen LogP contribution in [0.15, 0.2) is 36.1 Å². The molecule has 1 unspecified atom stereocenters. The fourth-order valence-electron chi connectivity index (χ4n) is 1.97. The Balaban J connectivity index is 1.87. The standard InChI is InChI=1S/C13H14N4S/c1-17-4-3-15-13(17)7-10(14)9-6-12-11(16-8-9)2-5-18-12/h2-6,8,10H,7,14H2,1H3. The largest absolute Gasteiger partial charge is 0.338 e. The van der Waals surface area contributed by atoms with Gasteiger partial charge in [-0.05, 0) is 23.1 Å². The average molecular weight is 258 g/mol. The van der Waals surface area contributed by atoms with Gasteiger partial charge in [0.1, 0.15) is 5.82 Å². The number of thiophene rings is 1. The van der Waals surface area contributed by atoms with Crippen molar-refractivity contribution in [3.8, 4) is 0 Å². The van der Waals surface area contributed by atoms with Gasteiger partial charge < -0.3 is 10.3 Å². The number of hydrogen-bond donors (Lipinski definition) is 1. The van der Waals surface area contributed by atoms with Gasteiger partial charge in [-0.3, -0.25) is 4.98 Å². The van der Waals surface area contributed by atoms with Crippen LogP contribution in [0.2, 0.25) is 0 Å². The Morgan fingerprint density at radius 2 is 2.33 bits per heavy atom. The van der Waals surface area contributed by atoms with E-state index in [1.54, 1.807) is 17.5 Å². The number of hydrogen-bond acceptors (Lipinski definition) is 4. The number of imidazole rings is 1. The maximum Gasteiger partial charge on any atom is 0.110 e. The topological polar surface area (TPSA) is 56.7 Å². The van der Waals surface area contributed by atoms with Crippen molar-refractivity contribution in [1.82, 2.24) is 14.5 Å². The van der Waals surface area contributed by atoms with Gasteiger partial charge in [0.25, 0.3) is 0 Å². The molecule has 0 aliphatic carbocycles. The van der Waals surface area contributed by atoms with Gasteiger partial charge in [-0.15, -0.1) is 11.3 Å². The van der Waals surface area contributed by atoms with E-state index in [0.717, 1.165) is 23.3 Å². The Hall–Kier alpha value is -1.72. The molecule has 0 aromatic carbocycles. The maximum absolute atomic E-state index is 6.23. The van der Waals surface area contributed by atoms with E-state index in [2.05, 4.69) is 16.0 Å². The van der Waals surface area contributed by atoms with Gasteiger partial charge in [0.05, 0.1) is 10.2 Å². The molecule has 18 heavy (non-hydrogen) atoms. The molecule has 3 heterocycles. The second-order valence-corrected chi connectivity index (χ2v) is 5.29. The molecule has 92 valence electrons. The first-order chi connectivity index (χ1) is 8.74. The average Bonchev–Trinajstić information content (AvgIpc) is 2.98. The van der Waals surface area contributed by atoms with E-state index in [0.29, 0.717) is 0 Å². The Morgan fingerprint density at radius 3 is 3.11 bits per heavy atom. The molecule has 0 radical (unpaired) electrons. The van der Waals surface area contributed by atoms with Crippen LogP contribution in [-0.4, -0.2) is 14.5 Å². The third-order valence-electron chi connectivity index (χ3n) is 3.08. The zero-order valence-corrected chi connectivity index (χ0v) is 10.9. The van der Waals surface area contributed by atoms with Gasteiger partial charge >= 0.3 is 0 Å². The Bertz CT molecular complexity index is 670. The van der Waals surface area contributed by atoms with Crippen molar-refractivity contribution in [2.75, 3.05) is 0 Å². The predicted octanol–water partition coefficient (Wildman–Crippen LogP) is 2.27. The molecule has 0 saturated carbocycles. The number of rotatable bonds is 3. The van der Waals surface area contributed by atoms with Gasteiger partial charge in [-0.2, -0.15) is 0 Å². The molecule has 0 spiro atoms. The Morgan fingerprint density at radius 1 is 1.44 bits per heavy atom. The van der Waals surface area contributed by atoms with E-state index >= 15 is 0 Å². The highest BCUT2D eigenvalue weighted by Gasteiger charge is 2.11. The van der Waals surface area contributed by atoms with Crippen LogP contribution in [0.4, 0.5) is 0 Å². The minimum atomic E-state index is -0.0647. The normalized spacial score (nSPS) is 13.0. The van der Waals surface area contributed by atoms with Crippen LogP contribution in [0, 0.1) is 0 Å². The summed E-state index contributed by atoms with van der Waals surface area (Å²) < 4.78 is 3.18. The SMILES string of the molecule is Cn1ccnc1CC(N)c1cnc2ccsc2c1. The van der Waals surface area contributed by atoms with Crippen molar-refractivity contribution in [2.45, 2.75) is 12.5 Å². The van der Waals surface area contributed by atoms with Crippen LogP contribution in [0.5, 0.6) is 0 Å². The van der Waals surface area contributed by atoms with Gasteiger partial charge in [0.2, 0.25) is 0 Å². The highest BCUT2D eigenvalue weighted by Crippen LogP contribution is 2.23. The fourth-order valence-corrected chi connectivity index (χ4v) is 2.76. The van der Waals surface area contributed by atoms with Crippen LogP contribution in [0.3, 0.4) is 0 Å². The van der Waals surface area contributed by atoms with Gasteiger partial charge in [-0.1, -0.05) is 0 Å². The molecule has 3 aromatic rings. The molecular formula is C13H14N4S. The number of nitrogens with two attached hydrogens (primary N) is 1. The Kier molecular flexibility index (Phi) is 2.85. The number of pyridine rings is 1. The zero-order chi connectivity index (χ0) is 12.5. The van der Waals surface area contributed by atoms with E-state index in [4.69, 9.17) is 5.73 Å². The van der Waals surface area contributed by atoms with E-state index in [-0.39, 0.29) is 6.04 Å².